The summed E-state index contributed by atoms with van der Waals surface area (Å²) >= 11 is 0. The molecule has 0 heterocycles. The van der Waals surface area contributed by atoms with Crippen molar-refractivity contribution >= 4 is 5.97 Å². The molecule has 0 aromatic carbocycles. The van der Waals surface area contributed by atoms with Gasteiger partial charge in [-0.15, -0.1) is 0 Å². The van der Waals surface area contributed by atoms with Crippen molar-refractivity contribution in [2.45, 2.75) is 104 Å². The second kappa shape index (κ2) is 15.9. The van der Waals surface area contributed by atoms with E-state index < -0.39 is 0 Å². The molecule has 0 aliphatic rings. The number of hydrogen-bond acceptors (Lipinski definition) is 2. The van der Waals surface area contributed by atoms with Gasteiger partial charge in [-0.1, -0.05) is 90.9 Å². The molecule has 126 valence electrons. The van der Waals surface area contributed by atoms with E-state index in [0.717, 1.165) is 12.3 Å². The third-order valence-electron chi connectivity index (χ3n) is 4.50. The van der Waals surface area contributed by atoms with E-state index in [1.54, 1.807) is 0 Å². The fourth-order valence-corrected chi connectivity index (χ4v) is 2.66. The Labute approximate surface area is 133 Å². The Hall–Kier alpha value is -0.530. The van der Waals surface area contributed by atoms with Crippen molar-refractivity contribution in [1.82, 2.24) is 0 Å². The minimum absolute atomic E-state index is 0.0664. The van der Waals surface area contributed by atoms with E-state index in [9.17, 15) is 4.79 Å². The number of rotatable bonds is 15. The lowest BCUT2D eigenvalue weighted by Crippen LogP contribution is -1.99. The van der Waals surface area contributed by atoms with Crippen LogP contribution in [0.15, 0.2) is 0 Å². The molecule has 0 aromatic heterocycles. The minimum atomic E-state index is -0.0664. The summed E-state index contributed by atoms with van der Waals surface area (Å²) in [6, 6.07) is 0. The van der Waals surface area contributed by atoms with Gasteiger partial charge in [0.1, 0.15) is 0 Å². The fraction of sp³-hybridized carbons (Fsp3) is 0.947. The van der Waals surface area contributed by atoms with Gasteiger partial charge in [-0.05, 0) is 12.3 Å². The molecule has 1 atom stereocenters. The highest BCUT2D eigenvalue weighted by Gasteiger charge is 2.00. The molecule has 0 radical (unpaired) electrons. The van der Waals surface area contributed by atoms with Crippen molar-refractivity contribution in [3.63, 3.8) is 0 Å². The van der Waals surface area contributed by atoms with Crippen molar-refractivity contribution in [2.24, 2.45) is 5.92 Å². The summed E-state index contributed by atoms with van der Waals surface area (Å²) in [5, 5.41) is 0. The first-order valence-corrected chi connectivity index (χ1v) is 9.27. The van der Waals surface area contributed by atoms with Gasteiger partial charge in [0.15, 0.2) is 0 Å². The number of carbonyl (C=O) groups is 1. The lowest BCUT2D eigenvalue weighted by Gasteiger charge is -2.07. The molecule has 2 heteroatoms. The predicted octanol–water partition coefficient (Wildman–Crippen LogP) is 6.28. The van der Waals surface area contributed by atoms with Gasteiger partial charge in [-0.3, -0.25) is 4.79 Å². The van der Waals surface area contributed by atoms with Crippen molar-refractivity contribution in [2.75, 3.05) is 7.11 Å². The molecule has 0 aromatic rings. The molecule has 2 nitrogen and oxygen atoms in total. The first-order valence-electron chi connectivity index (χ1n) is 9.27. The van der Waals surface area contributed by atoms with Crippen LogP contribution in [0.5, 0.6) is 0 Å². The number of methoxy groups -OCH3 is 1. The van der Waals surface area contributed by atoms with Crippen LogP contribution in [-0.4, -0.2) is 13.1 Å². The van der Waals surface area contributed by atoms with Crippen LogP contribution in [0.4, 0.5) is 0 Å². The van der Waals surface area contributed by atoms with Gasteiger partial charge in [0.25, 0.3) is 0 Å². The van der Waals surface area contributed by atoms with E-state index in [0.29, 0.717) is 6.42 Å². The van der Waals surface area contributed by atoms with Crippen LogP contribution in [-0.2, 0) is 9.53 Å². The lowest BCUT2D eigenvalue weighted by molar-refractivity contribution is -0.140. The summed E-state index contributed by atoms with van der Waals surface area (Å²) in [7, 11) is 1.47. The SMILES string of the molecule is CC[C@H](C)CCCCCCCCCCCCCC(=O)OC. The number of hydrogen-bond donors (Lipinski definition) is 0. The normalized spacial score (nSPS) is 12.3. The molecular weight excluding hydrogens is 260 g/mol. The topological polar surface area (TPSA) is 26.3 Å². The van der Waals surface area contributed by atoms with Crippen LogP contribution in [0.1, 0.15) is 104 Å². The molecular formula is C19H38O2. The Morgan fingerprint density at radius 1 is 0.810 bits per heavy atom. The van der Waals surface area contributed by atoms with Crippen LogP contribution in [0.3, 0.4) is 0 Å². The fourth-order valence-electron chi connectivity index (χ4n) is 2.66. The maximum Gasteiger partial charge on any atom is 0.305 e. The Morgan fingerprint density at radius 3 is 1.67 bits per heavy atom. The van der Waals surface area contributed by atoms with Gasteiger partial charge in [-0.2, -0.15) is 0 Å². The molecule has 0 fully saturated rings. The molecule has 0 spiro atoms. The molecule has 0 aliphatic carbocycles. The predicted molar refractivity (Wildman–Crippen MR) is 91.5 cm³/mol. The largest absolute Gasteiger partial charge is 0.469 e. The zero-order chi connectivity index (χ0) is 15.8. The van der Waals surface area contributed by atoms with Crippen LogP contribution in [0.2, 0.25) is 0 Å². The van der Waals surface area contributed by atoms with Gasteiger partial charge in [0.2, 0.25) is 0 Å². The number of ether oxygens (including phenoxy) is 1. The summed E-state index contributed by atoms with van der Waals surface area (Å²) in [6.45, 7) is 4.66. The van der Waals surface area contributed by atoms with Gasteiger partial charge < -0.3 is 4.74 Å². The van der Waals surface area contributed by atoms with Crippen LogP contribution in [0.25, 0.3) is 0 Å². The van der Waals surface area contributed by atoms with E-state index in [1.165, 1.54) is 84.2 Å². The number of unbranched alkanes of at least 4 members (excludes halogenated alkanes) is 10. The molecule has 0 amide bonds. The van der Waals surface area contributed by atoms with Crippen molar-refractivity contribution in [3.05, 3.63) is 0 Å². The van der Waals surface area contributed by atoms with Gasteiger partial charge in [-0.25, -0.2) is 0 Å². The summed E-state index contributed by atoms with van der Waals surface area (Å²) in [4.78, 5) is 10.9. The molecule has 0 N–H and O–H groups in total. The van der Waals surface area contributed by atoms with Crippen LogP contribution < -0.4 is 0 Å². The van der Waals surface area contributed by atoms with Crippen molar-refractivity contribution in [1.29, 1.82) is 0 Å². The maximum atomic E-state index is 10.9. The van der Waals surface area contributed by atoms with Crippen LogP contribution in [0, 0.1) is 5.92 Å². The Bertz CT molecular complexity index is 226. The van der Waals surface area contributed by atoms with Gasteiger partial charge in [0.05, 0.1) is 7.11 Å². The quantitative estimate of drug-likeness (QED) is 0.263. The van der Waals surface area contributed by atoms with Gasteiger partial charge in [0, 0.05) is 6.42 Å². The number of esters is 1. The second-order valence-electron chi connectivity index (χ2n) is 6.52. The average molecular weight is 299 g/mol. The minimum Gasteiger partial charge on any atom is -0.469 e. The summed E-state index contributed by atoms with van der Waals surface area (Å²) in [6.07, 6.45) is 18.0. The third kappa shape index (κ3) is 15.7. The first kappa shape index (κ1) is 20.5. The zero-order valence-electron chi connectivity index (χ0n) is 14.8. The summed E-state index contributed by atoms with van der Waals surface area (Å²) in [5.41, 5.74) is 0. The highest BCUT2D eigenvalue weighted by atomic mass is 16.5. The zero-order valence-corrected chi connectivity index (χ0v) is 14.8. The Balaban J connectivity index is 3.04. The second-order valence-corrected chi connectivity index (χ2v) is 6.52. The molecule has 21 heavy (non-hydrogen) atoms. The molecule has 0 saturated carbocycles. The van der Waals surface area contributed by atoms with Crippen molar-refractivity contribution < 1.29 is 9.53 Å². The summed E-state index contributed by atoms with van der Waals surface area (Å²) < 4.78 is 4.63. The Morgan fingerprint density at radius 2 is 1.24 bits per heavy atom. The van der Waals surface area contributed by atoms with Gasteiger partial charge >= 0.3 is 5.97 Å². The lowest BCUT2D eigenvalue weighted by atomic mass is 9.99. The van der Waals surface area contributed by atoms with Crippen LogP contribution >= 0.6 is 0 Å². The van der Waals surface area contributed by atoms with E-state index in [1.807, 2.05) is 0 Å². The van der Waals surface area contributed by atoms with Crippen molar-refractivity contribution in [3.8, 4) is 0 Å². The van der Waals surface area contributed by atoms with E-state index in [4.69, 9.17) is 0 Å². The van der Waals surface area contributed by atoms with E-state index in [2.05, 4.69) is 18.6 Å². The third-order valence-corrected chi connectivity index (χ3v) is 4.50. The first-order chi connectivity index (χ1) is 10.2. The standard InChI is InChI=1S/C19H38O2/c1-4-18(2)16-14-12-10-8-6-5-7-9-11-13-15-17-19(20)21-3/h18H,4-17H2,1-3H3/t18-/m0/s1. The molecule has 0 aliphatic heterocycles. The monoisotopic (exact) mass is 298 g/mol. The number of carbonyl (C=O) groups excluding carboxylic acids is 1. The smallest absolute Gasteiger partial charge is 0.305 e. The molecule has 0 unspecified atom stereocenters. The maximum absolute atomic E-state index is 10.9. The van der Waals surface area contributed by atoms with E-state index >= 15 is 0 Å². The molecule has 0 saturated heterocycles. The highest BCUT2D eigenvalue weighted by Crippen LogP contribution is 2.15. The molecule has 0 bridgehead atoms. The Kier molecular flexibility index (Phi) is 15.5. The average Bonchev–Trinajstić information content (AvgIpc) is 2.51. The van der Waals surface area contributed by atoms with E-state index in [-0.39, 0.29) is 5.97 Å². The molecule has 0 rings (SSSR count). The highest BCUT2D eigenvalue weighted by molar-refractivity contribution is 5.68. The summed E-state index contributed by atoms with van der Waals surface area (Å²) in [5.74, 6) is 0.854.